The first-order valence-electron chi connectivity index (χ1n) is 12.3. The molecule has 0 saturated heterocycles. The van der Waals surface area contributed by atoms with Gasteiger partial charge in [0.15, 0.2) is 0 Å². The Labute approximate surface area is 212 Å². The third-order valence-electron chi connectivity index (χ3n) is 5.81. The van der Waals surface area contributed by atoms with E-state index in [1.165, 1.54) is 0 Å². The van der Waals surface area contributed by atoms with Gasteiger partial charge in [-0.3, -0.25) is 0 Å². The molecule has 0 radical (unpaired) electrons. The SMILES string of the molecule is C=C(CO)CCOc1cc(OCCC(=C)CO)cc(-c2ccc(CCCCC(F)(F)F)cc2CC)c1. The number of rotatable bonds is 16. The molecule has 0 aliphatic rings. The lowest BCUT2D eigenvalue weighted by molar-refractivity contribution is -0.135. The van der Waals surface area contributed by atoms with E-state index >= 15 is 0 Å². The monoisotopic (exact) mass is 506 g/mol. The first-order chi connectivity index (χ1) is 17.1. The molecule has 0 fully saturated rings. The molecule has 198 valence electrons. The van der Waals surface area contributed by atoms with Gasteiger partial charge in [-0.1, -0.05) is 38.3 Å². The van der Waals surface area contributed by atoms with Crippen molar-refractivity contribution in [2.24, 2.45) is 0 Å². The van der Waals surface area contributed by atoms with Gasteiger partial charge in [-0.15, -0.1) is 0 Å². The Hall–Kier alpha value is -2.77. The van der Waals surface area contributed by atoms with Gasteiger partial charge in [-0.25, -0.2) is 0 Å². The molecule has 7 heteroatoms. The number of halogens is 3. The van der Waals surface area contributed by atoms with E-state index < -0.39 is 12.6 Å². The third kappa shape index (κ3) is 10.5. The third-order valence-corrected chi connectivity index (χ3v) is 5.81. The van der Waals surface area contributed by atoms with Crippen LogP contribution in [0.1, 0.15) is 50.2 Å². The van der Waals surface area contributed by atoms with Gasteiger partial charge in [0, 0.05) is 25.3 Å². The maximum Gasteiger partial charge on any atom is 0.389 e. The van der Waals surface area contributed by atoms with Crippen LogP contribution in [0.15, 0.2) is 60.7 Å². The van der Waals surface area contributed by atoms with E-state index in [1.807, 2.05) is 31.2 Å². The van der Waals surface area contributed by atoms with E-state index in [1.54, 1.807) is 6.07 Å². The van der Waals surface area contributed by atoms with Crippen molar-refractivity contribution >= 4 is 0 Å². The zero-order valence-electron chi connectivity index (χ0n) is 21.0. The van der Waals surface area contributed by atoms with Crippen LogP contribution in [0.4, 0.5) is 13.2 Å². The molecule has 2 aromatic rings. The summed E-state index contributed by atoms with van der Waals surface area (Å²) in [5, 5.41) is 18.3. The fraction of sp³-hybridized carbons (Fsp3) is 0.448. The van der Waals surface area contributed by atoms with Crippen LogP contribution in [-0.4, -0.2) is 42.8 Å². The zero-order valence-corrected chi connectivity index (χ0v) is 21.0. The molecule has 0 saturated carbocycles. The van der Waals surface area contributed by atoms with E-state index in [4.69, 9.17) is 19.7 Å². The molecule has 0 unspecified atom stereocenters. The van der Waals surface area contributed by atoms with Crippen molar-refractivity contribution in [3.8, 4) is 22.6 Å². The molecule has 2 aromatic carbocycles. The highest BCUT2D eigenvalue weighted by atomic mass is 19.4. The maximum atomic E-state index is 12.4. The lowest BCUT2D eigenvalue weighted by atomic mass is 9.94. The number of unbranched alkanes of at least 4 members (excludes halogenated alkanes) is 1. The fourth-order valence-electron chi connectivity index (χ4n) is 3.71. The smallest absolute Gasteiger partial charge is 0.389 e. The van der Waals surface area contributed by atoms with Gasteiger partial charge in [0.25, 0.3) is 0 Å². The molecule has 0 aromatic heterocycles. The van der Waals surface area contributed by atoms with Gasteiger partial charge in [0.2, 0.25) is 0 Å². The molecule has 0 heterocycles. The molecule has 2 rings (SSSR count). The number of aliphatic hydroxyl groups excluding tert-OH is 2. The molecule has 0 amide bonds. The highest BCUT2D eigenvalue weighted by Gasteiger charge is 2.25. The summed E-state index contributed by atoms with van der Waals surface area (Å²) in [6.07, 6.45) is -1.84. The molecular formula is C29H37F3O4. The number of aryl methyl sites for hydroxylation is 2. The van der Waals surface area contributed by atoms with Gasteiger partial charge in [0.1, 0.15) is 11.5 Å². The van der Waals surface area contributed by atoms with Gasteiger partial charge < -0.3 is 19.7 Å². The molecule has 0 atom stereocenters. The predicted octanol–water partition coefficient (Wildman–Crippen LogP) is 6.83. The van der Waals surface area contributed by atoms with Crippen LogP contribution in [0.25, 0.3) is 11.1 Å². The van der Waals surface area contributed by atoms with Crippen LogP contribution >= 0.6 is 0 Å². The second-order valence-electron chi connectivity index (χ2n) is 8.87. The van der Waals surface area contributed by atoms with Crippen molar-refractivity contribution in [2.45, 2.75) is 58.0 Å². The summed E-state index contributed by atoms with van der Waals surface area (Å²) in [4.78, 5) is 0. The van der Waals surface area contributed by atoms with Crippen molar-refractivity contribution in [1.29, 1.82) is 0 Å². The topological polar surface area (TPSA) is 58.9 Å². The van der Waals surface area contributed by atoms with Crippen LogP contribution in [-0.2, 0) is 12.8 Å². The summed E-state index contributed by atoms with van der Waals surface area (Å²) in [5.41, 5.74) is 5.39. The number of hydrogen-bond acceptors (Lipinski definition) is 4. The van der Waals surface area contributed by atoms with Crippen molar-refractivity contribution in [3.05, 3.63) is 71.8 Å². The Balaban J connectivity index is 2.23. The van der Waals surface area contributed by atoms with Gasteiger partial charge in [-0.05, 0) is 71.2 Å². The Morgan fingerprint density at radius 3 is 1.94 bits per heavy atom. The minimum absolute atomic E-state index is 0.0884. The fourth-order valence-corrected chi connectivity index (χ4v) is 3.71. The van der Waals surface area contributed by atoms with Gasteiger partial charge in [-0.2, -0.15) is 13.2 Å². The van der Waals surface area contributed by atoms with Crippen LogP contribution in [0.5, 0.6) is 11.5 Å². The summed E-state index contributed by atoms with van der Waals surface area (Å²) in [6.45, 7) is 10.2. The second-order valence-corrected chi connectivity index (χ2v) is 8.87. The lowest BCUT2D eigenvalue weighted by Crippen LogP contribution is -2.06. The van der Waals surface area contributed by atoms with Crippen molar-refractivity contribution in [1.82, 2.24) is 0 Å². The molecule has 0 bridgehead atoms. The van der Waals surface area contributed by atoms with Gasteiger partial charge >= 0.3 is 6.18 Å². The summed E-state index contributed by atoms with van der Waals surface area (Å²) in [6, 6.07) is 11.7. The standard InChI is InChI=1S/C29H37F3O4/c1-4-24-15-23(7-5-6-12-29(30,31)32)8-9-28(24)25-16-26(35-13-10-21(2)19-33)18-27(17-25)36-14-11-22(3)20-34/h8-9,15-18,33-34H,2-7,10-14,19-20H2,1H3. The Morgan fingerprint density at radius 1 is 0.861 bits per heavy atom. The molecule has 0 aliphatic carbocycles. The summed E-state index contributed by atoms with van der Waals surface area (Å²) >= 11 is 0. The van der Waals surface area contributed by atoms with E-state index in [0.717, 1.165) is 28.7 Å². The Kier molecular flexibility index (Phi) is 12.0. The van der Waals surface area contributed by atoms with Crippen molar-refractivity contribution in [2.75, 3.05) is 26.4 Å². The van der Waals surface area contributed by atoms with E-state index in [2.05, 4.69) is 19.2 Å². The molecule has 2 N–H and O–H groups in total. The molecule has 4 nitrogen and oxygen atoms in total. The highest BCUT2D eigenvalue weighted by Crippen LogP contribution is 2.33. The Bertz CT molecular complexity index is 958. The second kappa shape index (κ2) is 14.7. The molecule has 0 aliphatic heterocycles. The molecular weight excluding hydrogens is 469 g/mol. The number of ether oxygens (including phenoxy) is 2. The largest absolute Gasteiger partial charge is 0.493 e. The normalized spacial score (nSPS) is 11.4. The summed E-state index contributed by atoms with van der Waals surface area (Å²) in [7, 11) is 0. The average molecular weight is 507 g/mol. The number of aliphatic hydroxyl groups is 2. The van der Waals surface area contributed by atoms with Crippen LogP contribution < -0.4 is 9.47 Å². The first-order valence-corrected chi connectivity index (χ1v) is 12.3. The van der Waals surface area contributed by atoms with Crippen molar-refractivity contribution in [3.63, 3.8) is 0 Å². The van der Waals surface area contributed by atoms with E-state index in [9.17, 15) is 13.2 Å². The summed E-state index contributed by atoms with van der Waals surface area (Å²) in [5.74, 6) is 1.24. The Morgan fingerprint density at radius 2 is 1.44 bits per heavy atom. The lowest BCUT2D eigenvalue weighted by Gasteiger charge is -2.16. The number of alkyl halides is 3. The molecule has 0 spiro atoms. The first kappa shape index (κ1) is 29.5. The quantitative estimate of drug-likeness (QED) is 0.194. The van der Waals surface area contributed by atoms with E-state index in [0.29, 0.717) is 61.5 Å². The average Bonchev–Trinajstić information content (AvgIpc) is 2.85. The maximum absolute atomic E-state index is 12.4. The van der Waals surface area contributed by atoms with Crippen molar-refractivity contribution < 1.29 is 32.9 Å². The predicted molar refractivity (Wildman–Crippen MR) is 138 cm³/mol. The number of benzene rings is 2. The summed E-state index contributed by atoms with van der Waals surface area (Å²) < 4.78 is 49.1. The number of hydrogen-bond donors (Lipinski definition) is 2. The molecule has 36 heavy (non-hydrogen) atoms. The van der Waals surface area contributed by atoms with Crippen LogP contribution in [0.2, 0.25) is 0 Å². The highest BCUT2D eigenvalue weighted by molar-refractivity contribution is 5.71. The minimum atomic E-state index is -4.11. The van der Waals surface area contributed by atoms with Gasteiger partial charge in [0.05, 0.1) is 26.4 Å². The zero-order chi connectivity index (χ0) is 26.6. The van der Waals surface area contributed by atoms with Crippen LogP contribution in [0.3, 0.4) is 0 Å². The van der Waals surface area contributed by atoms with Crippen LogP contribution in [0, 0.1) is 0 Å². The van der Waals surface area contributed by atoms with E-state index in [-0.39, 0.29) is 19.6 Å². The minimum Gasteiger partial charge on any atom is -0.493 e.